The molecular formula is C30H31F3N2O3S2. The molecule has 212 valence electrons. The molecule has 1 atom stereocenters. The van der Waals surface area contributed by atoms with Crippen LogP contribution in [0.3, 0.4) is 0 Å². The standard InChI is InChI=1S/C30H31F3N2O3S2/c1-6-37-28(36)29(4,5)38-23-14-9-20(16-18(23)2)17-34-25(24-8-7-15-39-24)26-19(3)35-27(40-26)21-10-12-22(13-11-21)30(31,32)33/h7-16,25,34H,6,17H2,1-5H3. The van der Waals surface area contributed by atoms with Gasteiger partial charge in [-0.2, -0.15) is 13.2 Å². The van der Waals surface area contributed by atoms with E-state index < -0.39 is 23.3 Å². The number of thiazole rings is 1. The van der Waals surface area contributed by atoms with E-state index in [0.717, 1.165) is 38.7 Å². The summed E-state index contributed by atoms with van der Waals surface area (Å²) in [6, 6.07) is 14.8. The van der Waals surface area contributed by atoms with Crippen molar-refractivity contribution in [1.29, 1.82) is 0 Å². The molecule has 0 radical (unpaired) electrons. The summed E-state index contributed by atoms with van der Waals surface area (Å²) in [4.78, 5) is 19.0. The maximum absolute atomic E-state index is 13.0. The number of aryl methyl sites for hydroxylation is 2. The smallest absolute Gasteiger partial charge is 0.416 e. The molecule has 0 fully saturated rings. The molecule has 2 heterocycles. The molecule has 0 amide bonds. The molecule has 1 N–H and O–H groups in total. The van der Waals surface area contributed by atoms with Gasteiger partial charge in [-0.3, -0.25) is 0 Å². The fourth-order valence-corrected chi connectivity index (χ4v) is 6.21. The zero-order valence-corrected chi connectivity index (χ0v) is 24.5. The first kappa shape index (κ1) is 29.8. The lowest BCUT2D eigenvalue weighted by atomic mass is 10.1. The van der Waals surface area contributed by atoms with Crippen LogP contribution in [-0.2, 0) is 22.3 Å². The molecule has 0 aliphatic heterocycles. The minimum absolute atomic E-state index is 0.139. The normalized spacial score (nSPS) is 12.8. The third kappa shape index (κ3) is 6.92. The van der Waals surface area contributed by atoms with Crippen molar-refractivity contribution in [2.24, 2.45) is 0 Å². The van der Waals surface area contributed by atoms with E-state index >= 15 is 0 Å². The summed E-state index contributed by atoms with van der Waals surface area (Å²) < 4.78 is 50.1. The van der Waals surface area contributed by atoms with Crippen LogP contribution in [0.4, 0.5) is 13.2 Å². The first-order valence-corrected chi connectivity index (χ1v) is 14.5. The van der Waals surface area contributed by atoms with Crippen LogP contribution in [0, 0.1) is 13.8 Å². The molecule has 5 nitrogen and oxygen atoms in total. The summed E-state index contributed by atoms with van der Waals surface area (Å²) in [6.07, 6.45) is -4.38. The number of hydrogen-bond acceptors (Lipinski definition) is 7. The maximum atomic E-state index is 13.0. The van der Waals surface area contributed by atoms with Crippen molar-refractivity contribution < 1.29 is 27.4 Å². The van der Waals surface area contributed by atoms with Crippen LogP contribution in [0.2, 0.25) is 0 Å². The summed E-state index contributed by atoms with van der Waals surface area (Å²) in [5.74, 6) is 0.186. The Bertz CT molecular complexity index is 1450. The van der Waals surface area contributed by atoms with E-state index in [0.29, 0.717) is 22.9 Å². The second-order valence-electron chi connectivity index (χ2n) is 9.81. The molecule has 0 saturated heterocycles. The Morgan fingerprint density at radius 1 is 1.07 bits per heavy atom. The number of alkyl halides is 3. The van der Waals surface area contributed by atoms with E-state index in [2.05, 4.69) is 11.4 Å². The number of carbonyl (C=O) groups is 1. The quantitative estimate of drug-likeness (QED) is 0.190. The second kappa shape index (κ2) is 12.1. The third-order valence-corrected chi connectivity index (χ3v) is 8.47. The number of benzene rings is 2. The number of nitrogens with zero attached hydrogens (tertiary/aromatic N) is 1. The average Bonchev–Trinajstić information content (AvgIpc) is 3.56. The van der Waals surface area contributed by atoms with Crippen molar-refractivity contribution in [3.63, 3.8) is 0 Å². The van der Waals surface area contributed by atoms with E-state index in [1.165, 1.54) is 23.5 Å². The molecule has 4 rings (SSSR count). The molecule has 2 aromatic heterocycles. The largest absolute Gasteiger partial charge is 0.476 e. The highest BCUT2D eigenvalue weighted by Gasteiger charge is 2.32. The molecular weight excluding hydrogens is 557 g/mol. The van der Waals surface area contributed by atoms with E-state index in [4.69, 9.17) is 14.5 Å². The van der Waals surface area contributed by atoms with Gasteiger partial charge in [0.25, 0.3) is 0 Å². The zero-order chi connectivity index (χ0) is 29.1. The van der Waals surface area contributed by atoms with Crippen LogP contribution in [0.15, 0.2) is 60.0 Å². The monoisotopic (exact) mass is 588 g/mol. The number of hydrogen-bond donors (Lipinski definition) is 1. The van der Waals surface area contributed by atoms with E-state index in [-0.39, 0.29) is 12.6 Å². The molecule has 10 heteroatoms. The number of carbonyl (C=O) groups excluding carboxylic acids is 1. The lowest BCUT2D eigenvalue weighted by Gasteiger charge is -2.25. The molecule has 4 aromatic rings. The molecule has 40 heavy (non-hydrogen) atoms. The van der Waals surface area contributed by atoms with Crippen LogP contribution in [0.25, 0.3) is 10.6 Å². The van der Waals surface area contributed by atoms with Crippen molar-refractivity contribution in [3.8, 4) is 16.3 Å². The van der Waals surface area contributed by atoms with E-state index in [1.54, 1.807) is 32.1 Å². The Morgan fingerprint density at radius 2 is 1.80 bits per heavy atom. The van der Waals surface area contributed by atoms with Gasteiger partial charge < -0.3 is 14.8 Å². The summed E-state index contributed by atoms with van der Waals surface area (Å²) in [7, 11) is 0. The Hall–Kier alpha value is -3.21. The first-order chi connectivity index (χ1) is 18.9. The van der Waals surface area contributed by atoms with Crippen LogP contribution >= 0.6 is 22.7 Å². The SMILES string of the molecule is CCOC(=O)C(C)(C)Oc1ccc(CNC(c2cccs2)c2sc(-c3ccc(C(F)(F)F)cc3)nc2C)cc1C. The van der Waals surface area contributed by atoms with Crippen molar-refractivity contribution in [2.75, 3.05) is 6.61 Å². The van der Waals surface area contributed by atoms with Crippen LogP contribution in [-0.4, -0.2) is 23.2 Å². The topological polar surface area (TPSA) is 60.5 Å². The highest BCUT2D eigenvalue weighted by Crippen LogP contribution is 2.38. The Kier molecular flexibility index (Phi) is 9.02. The van der Waals surface area contributed by atoms with Crippen molar-refractivity contribution in [2.45, 2.75) is 59.0 Å². The number of aromatic nitrogens is 1. The number of rotatable bonds is 10. The molecule has 1 unspecified atom stereocenters. The van der Waals surface area contributed by atoms with E-state index in [1.807, 2.05) is 43.5 Å². The number of halogens is 3. The average molecular weight is 589 g/mol. The number of esters is 1. The predicted octanol–water partition coefficient (Wildman–Crippen LogP) is 8.11. The maximum Gasteiger partial charge on any atom is 0.416 e. The van der Waals surface area contributed by atoms with Gasteiger partial charge in [0.05, 0.1) is 28.8 Å². The van der Waals surface area contributed by atoms with Gasteiger partial charge in [0, 0.05) is 17.0 Å². The van der Waals surface area contributed by atoms with Gasteiger partial charge in [0.1, 0.15) is 10.8 Å². The zero-order valence-electron chi connectivity index (χ0n) is 22.9. The highest BCUT2D eigenvalue weighted by molar-refractivity contribution is 7.15. The number of thiophene rings is 1. The van der Waals surface area contributed by atoms with Gasteiger partial charge >= 0.3 is 12.1 Å². The van der Waals surface area contributed by atoms with Crippen molar-refractivity contribution in [1.82, 2.24) is 10.3 Å². The van der Waals surface area contributed by atoms with Gasteiger partial charge in [-0.1, -0.05) is 30.3 Å². The molecule has 0 aliphatic rings. The molecule has 0 aliphatic carbocycles. The fraction of sp³-hybridized carbons (Fsp3) is 0.333. The van der Waals surface area contributed by atoms with E-state index in [9.17, 15) is 18.0 Å². The molecule has 0 spiro atoms. The lowest BCUT2D eigenvalue weighted by molar-refractivity contribution is -0.158. The van der Waals surface area contributed by atoms with Crippen LogP contribution in [0.1, 0.15) is 59.0 Å². The summed E-state index contributed by atoms with van der Waals surface area (Å²) in [5.41, 5.74) is 1.60. The molecule has 2 aromatic carbocycles. The van der Waals surface area contributed by atoms with Gasteiger partial charge in [-0.05, 0) is 75.4 Å². The molecule has 0 saturated carbocycles. The third-order valence-electron chi connectivity index (χ3n) is 6.26. The summed E-state index contributed by atoms with van der Waals surface area (Å²) in [6.45, 7) is 9.81. The Balaban J connectivity index is 1.53. The minimum Gasteiger partial charge on any atom is -0.476 e. The second-order valence-corrected chi connectivity index (χ2v) is 11.8. The van der Waals surface area contributed by atoms with Gasteiger partial charge in [-0.15, -0.1) is 22.7 Å². The summed E-state index contributed by atoms with van der Waals surface area (Å²) in [5, 5.41) is 6.32. The minimum atomic E-state index is -4.38. The predicted molar refractivity (Wildman–Crippen MR) is 153 cm³/mol. The van der Waals surface area contributed by atoms with Crippen molar-refractivity contribution in [3.05, 3.63) is 92.1 Å². The number of ether oxygens (including phenoxy) is 2. The van der Waals surface area contributed by atoms with Crippen molar-refractivity contribution >= 4 is 28.6 Å². The Labute approximate surface area is 240 Å². The Morgan fingerprint density at radius 3 is 2.40 bits per heavy atom. The van der Waals surface area contributed by atoms with Crippen LogP contribution in [0.5, 0.6) is 5.75 Å². The van der Waals surface area contributed by atoms with Crippen LogP contribution < -0.4 is 10.1 Å². The highest BCUT2D eigenvalue weighted by atomic mass is 32.1. The lowest BCUT2D eigenvalue weighted by Crippen LogP contribution is -2.39. The van der Waals surface area contributed by atoms with Gasteiger partial charge in [0.15, 0.2) is 5.60 Å². The van der Waals surface area contributed by atoms with Gasteiger partial charge in [-0.25, -0.2) is 9.78 Å². The number of nitrogens with one attached hydrogen (secondary N) is 1. The summed E-state index contributed by atoms with van der Waals surface area (Å²) >= 11 is 3.10. The van der Waals surface area contributed by atoms with Gasteiger partial charge in [0.2, 0.25) is 0 Å². The molecule has 0 bridgehead atoms. The first-order valence-electron chi connectivity index (χ1n) is 12.8. The fourth-order valence-electron chi connectivity index (χ4n) is 4.16.